The molecule has 2 aromatic rings. The molecule has 4 heteroatoms. The molecule has 0 unspecified atom stereocenters. The first-order chi connectivity index (χ1) is 12.6. The molecular weight excluding hydrogens is 326 g/mol. The number of hydrogen-bond acceptors (Lipinski definition) is 3. The zero-order valence-corrected chi connectivity index (χ0v) is 14.5. The Morgan fingerprint density at radius 1 is 1.04 bits per heavy atom. The van der Waals surface area contributed by atoms with Crippen LogP contribution in [0, 0.1) is 0 Å². The smallest absolute Gasteiger partial charge is 0.227 e. The van der Waals surface area contributed by atoms with Gasteiger partial charge in [0.25, 0.3) is 0 Å². The number of nitrogens with zero attached hydrogens (tertiary/aromatic N) is 1. The van der Waals surface area contributed by atoms with E-state index in [0.717, 1.165) is 22.3 Å². The molecular formula is C22H21NO3. The molecule has 132 valence electrons. The molecule has 1 aliphatic carbocycles. The SMILES string of the molecule is O=C1CCC(c2ccccc2)=C1CC(=O)N1Cc2ccccc2[C@H](O)C1. The van der Waals surface area contributed by atoms with Crippen LogP contribution in [0.1, 0.15) is 42.1 Å². The van der Waals surface area contributed by atoms with Crippen LogP contribution in [-0.2, 0) is 16.1 Å². The highest BCUT2D eigenvalue weighted by molar-refractivity contribution is 6.10. The zero-order chi connectivity index (χ0) is 18.1. The Morgan fingerprint density at radius 3 is 2.58 bits per heavy atom. The fourth-order valence-electron chi connectivity index (χ4n) is 3.91. The first-order valence-electron chi connectivity index (χ1n) is 8.98. The third kappa shape index (κ3) is 3.08. The van der Waals surface area contributed by atoms with Gasteiger partial charge >= 0.3 is 0 Å². The van der Waals surface area contributed by atoms with Crippen molar-refractivity contribution in [1.82, 2.24) is 4.90 Å². The van der Waals surface area contributed by atoms with Crippen molar-refractivity contribution < 1.29 is 14.7 Å². The lowest BCUT2D eigenvalue weighted by Gasteiger charge is -2.32. The van der Waals surface area contributed by atoms with Gasteiger partial charge in [-0.05, 0) is 28.7 Å². The molecule has 1 heterocycles. The quantitative estimate of drug-likeness (QED) is 0.927. The first kappa shape index (κ1) is 16.7. The van der Waals surface area contributed by atoms with Crippen LogP contribution in [-0.4, -0.2) is 28.2 Å². The van der Waals surface area contributed by atoms with Crippen LogP contribution in [0.4, 0.5) is 0 Å². The highest BCUT2D eigenvalue weighted by Gasteiger charge is 2.30. The van der Waals surface area contributed by atoms with Crippen LogP contribution in [0.15, 0.2) is 60.2 Å². The fraction of sp³-hybridized carbons (Fsp3) is 0.273. The Morgan fingerprint density at radius 2 is 1.77 bits per heavy atom. The van der Waals surface area contributed by atoms with Gasteiger partial charge < -0.3 is 10.0 Å². The van der Waals surface area contributed by atoms with Gasteiger partial charge in [-0.15, -0.1) is 0 Å². The second kappa shape index (κ2) is 6.89. The molecule has 1 N–H and O–H groups in total. The number of aliphatic hydroxyl groups excluding tert-OH is 1. The number of rotatable bonds is 3. The van der Waals surface area contributed by atoms with Crippen molar-refractivity contribution in [3.05, 3.63) is 76.9 Å². The predicted molar refractivity (Wildman–Crippen MR) is 99.0 cm³/mol. The minimum Gasteiger partial charge on any atom is -0.387 e. The molecule has 4 nitrogen and oxygen atoms in total. The summed E-state index contributed by atoms with van der Waals surface area (Å²) in [5.74, 6) is -0.0348. The number of β-amino-alcohol motifs (C(OH)–C–C–N with tert-alkyl or cyclic N) is 1. The zero-order valence-electron chi connectivity index (χ0n) is 14.5. The van der Waals surface area contributed by atoms with E-state index in [1.54, 1.807) is 4.90 Å². The first-order valence-corrected chi connectivity index (χ1v) is 8.98. The summed E-state index contributed by atoms with van der Waals surface area (Å²) in [5.41, 5.74) is 4.49. The van der Waals surface area contributed by atoms with Crippen LogP contribution in [0.5, 0.6) is 0 Å². The van der Waals surface area contributed by atoms with Gasteiger partial charge in [0, 0.05) is 18.5 Å². The monoisotopic (exact) mass is 347 g/mol. The molecule has 0 bridgehead atoms. The van der Waals surface area contributed by atoms with Crippen molar-refractivity contribution in [3.8, 4) is 0 Å². The molecule has 0 radical (unpaired) electrons. The molecule has 1 aliphatic heterocycles. The van der Waals surface area contributed by atoms with E-state index >= 15 is 0 Å². The predicted octanol–water partition coefficient (Wildman–Crippen LogP) is 3.27. The summed E-state index contributed by atoms with van der Waals surface area (Å²) in [5, 5.41) is 10.4. The molecule has 0 fully saturated rings. The largest absolute Gasteiger partial charge is 0.387 e. The normalized spacial score (nSPS) is 19.7. The number of benzene rings is 2. The average Bonchev–Trinajstić information content (AvgIpc) is 3.03. The van der Waals surface area contributed by atoms with Gasteiger partial charge in [-0.1, -0.05) is 54.6 Å². The van der Waals surface area contributed by atoms with Crippen molar-refractivity contribution in [3.63, 3.8) is 0 Å². The van der Waals surface area contributed by atoms with Gasteiger partial charge in [0.1, 0.15) is 0 Å². The van der Waals surface area contributed by atoms with Crippen molar-refractivity contribution in [1.29, 1.82) is 0 Å². The number of amides is 1. The summed E-state index contributed by atoms with van der Waals surface area (Å²) >= 11 is 0. The third-order valence-corrected chi connectivity index (χ3v) is 5.27. The number of ketones is 1. The number of fused-ring (bicyclic) bond motifs is 1. The molecule has 0 spiro atoms. The molecule has 2 aliphatic rings. The van der Waals surface area contributed by atoms with Gasteiger partial charge in [0.05, 0.1) is 19.1 Å². The topological polar surface area (TPSA) is 57.6 Å². The van der Waals surface area contributed by atoms with Crippen LogP contribution >= 0.6 is 0 Å². The van der Waals surface area contributed by atoms with Crippen LogP contribution in [0.2, 0.25) is 0 Å². The second-order valence-corrected chi connectivity index (χ2v) is 6.91. The Labute approximate surface area is 152 Å². The summed E-state index contributed by atoms with van der Waals surface area (Å²) in [6, 6.07) is 17.5. The maximum absolute atomic E-state index is 12.9. The van der Waals surface area contributed by atoms with Gasteiger partial charge in [-0.2, -0.15) is 0 Å². The van der Waals surface area contributed by atoms with Gasteiger partial charge in [0.2, 0.25) is 5.91 Å². The molecule has 4 rings (SSSR count). The highest BCUT2D eigenvalue weighted by Crippen LogP contribution is 2.34. The summed E-state index contributed by atoms with van der Waals surface area (Å²) in [6.07, 6.45) is 0.596. The number of carbonyl (C=O) groups excluding carboxylic acids is 2. The molecule has 2 aromatic carbocycles. The molecule has 0 aromatic heterocycles. The lowest BCUT2D eigenvalue weighted by atomic mass is 9.96. The Balaban J connectivity index is 1.57. The summed E-state index contributed by atoms with van der Waals surface area (Å²) < 4.78 is 0. The summed E-state index contributed by atoms with van der Waals surface area (Å²) in [4.78, 5) is 26.9. The maximum Gasteiger partial charge on any atom is 0.227 e. The van der Waals surface area contributed by atoms with Crippen molar-refractivity contribution >= 4 is 17.3 Å². The number of Topliss-reactive ketones (excluding diaryl/α,β-unsaturated/α-hetero) is 1. The molecule has 0 saturated carbocycles. The van der Waals surface area contributed by atoms with E-state index < -0.39 is 6.10 Å². The van der Waals surface area contributed by atoms with E-state index in [4.69, 9.17) is 0 Å². The van der Waals surface area contributed by atoms with Gasteiger partial charge in [0.15, 0.2) is 5.78 Å². The van der Waals surface area contributed by atoms with Crippen molar-refractivity contribution in [2.24, 2.45) is 0 Å². The Kier molecular flexibility index (Phi) is 4.43. The standard InChI is InChI=1S/C22H21NO3/c24-20-11-10-17(15-6-2-1-3-7-15)19(20)12-22(26)23-13-16-8-4-5-9-18(16)21(25)14-23/h1-9,21,25H,10-14H2/t21-/m1/s1. The highest BCUT2D eigenvalue weighted by atomic mass is 16.3. The van der Waals surface area contributed by atoms with Gasteiger partial charge in [-0.25, -0.2) is 0 Å². The lowest BCUT2D eigenvalue weighted by Crippen LogP contribution is -2.38. The molecule has 26 heavy (non-hydrogen) atoms. The van der Waals surface area contributed by atoms with E-state index in [0.29, 0.717) is 25.0 Å². The van der Waals surface area contributed by atoms with Gasteiger partial charge in [-0.3, -0.25) is 9.59 Å². The number of allylic oxidation sites excluding steroid dienone is 1. The van der Waals surface area contributed by atoms with E-state index in [1.807, 2.05) is 54.6 Å². The minimum atomic E-state index is -0.675. The molecule has 0 saturated heterocycles. The number of carbonyl (C=O) groups is 2. The summed E-state index contributed by atoms with van der Waals surface area (Å²) in [7, 11) is 0. The lowest BCUT2D eigenvalue weighted by molar-refractivity contribution is -0.134. The van der Waals surface area contributed by atoms with Crippen LogP contribution in [0.3, 0.4) is 0 Å². The molecule has 1 amide bonds. The average molecular weight is 347 g/mol. The van der Waals surface area contributed by atoms with E-state index in [-0.39, 0.29) is 24.7 Å². The van der Waals surface area contributed by atoms with E-state index in [1.165, 1.54) is 0 Å². The summed E-state index contributed by atoms with van der Waals surface area (Å²) in [6.45, 7) is 0.756. The van der Waals surface area contributed by atoms with E-state index in [9.17, 15) is 14.7 Å². The number of aliphatic hydroxyl groups is 1. The molecule has 1 atom stereocenters. The number of hydrogen-bond donors (Lipinski definition) is 1. The fourth-order valence-corrected chi connectivity index (χ4v) is 3.91. The van der Waals surface area contributed by atoms with Crippen LogP contribution < -0.4 is 0 Å². The minimum absolute atomic E-state index is 0.0650. The Bertz CT molecular complexity index is 885. The van der Waals surface area contributed by atoms with Crippen molar-refractivity contribution in [2.75, 3.05) is 6.54 Å². The van der Waals surface area contributed by atoms with Crippen LogP contribution in [0.25, 0.3) is 5.57 Å². The van der Waals surface area contributed by atoms with Crippen molar-refractivity contribution in [2.45, 2.75) is 31.9 Å². The Hall–Kier alpha value is -2.72. The third-order valence-electron chi connectivity index (χ3n) is 5.27. The second-order valence-electron chi connectivity index (χ2n) is 6.91. The maximum atomic E-state index is 12.9. The van der Waals surface area contributed by atoms with E-state index in [2.05, 4.69) is 0 Å².